The van der Waals surface area contributed by atoms with Crippen LogP contribution in [0.5, 0.6) is 11.5 Å². The van der Waals surface area contributed by atoms with Crippen molar-refractivity contribution in [3.05, 3.63) is 52.5 Å². The summed E-state index contributed by atoms with van der Waals surface area (Å²) >= 11 is 6.21. The van der Waals surface area contributed by atoms with Gasteiger partial charge in [-0.1, -0.05) is 23.7 Å². The van der Waals surface area contributed by atoms with Crippen LogP contribution in [0.15, 0.2) is 36.4 Å². The second kappa shape index (κ2) is 8.19. The molecule has 1 heterocycles. The van der Waals surface area contributed by atoms with Crippen LogP contribution >= 0.6 is 11.6 Å². The lowest BCUT2D eigenvalue weighted by Crippen LogP contribution is -2.44. The topological polar surface area (TPSA) is 56.8 Å². The van der Waals surface area contributed by atoms with E-state index in [-0.39, 0.29) is 5.91 Å². The predicted octanol–water partition coefficient (Wildman–Crippen LogP) is 4.35. The summed E-state index contributed by atoms with van der Waals surface area (Å²) in [7, 11) is 3.18. The van der Waals surface area contributed by atoms with E-state index >= 15 is 0 Å². The molecule has 144 valence electrons. The van der Waals surface area contributed by atoms with Gasteiger partial charge in [0, 0.05) is 23.9 Å². The maximum absolute atomic E-state index is 13.4. The van der Waals surface area contributed by atoms with E-state index in [1.165, 1.54) is 0 Å². The molecule has 0 saturated carbocycles. The summed E-state index contributed by atoms with van der Waals surface area (Å²) in [5, 5.41) is 3.66. The number of hydrogen-bond acceptors (Lipinski definition) is 4. The molecule has 1 saturated heterocycles. The van der Waals surface area contributed by atoms with E-state index in [0.717, 1.165) is 11.1 Å². The smallest absolute Gasteiger partial charge is 0.235 e. The zero-order valence-corrected chi connectivity index (χ0v) is 16.6. The fraction of sp³-hybridized carbons (Fsp3) is 0.381. The third-order valence-electron chi connectivity index (χ3n) is 5.15. The standard InChI is InChI=1S/C21H24ClNO4/c1-14-4-6-16(13-17(14)22)23-20(24)21(8-10-27-11-9-21)15-5-7-18(25-2)19(12-15)26-3/h4-7,12-13H,8-11H2,1-3H3,(H,23,24). The SMILES string of the molecule is COc1ccc(C2(C(=O)Nc3ccc(C)c(Cl)c3)CCOCC2)cc1OC. The molecule has 0 spiro atoms. The Kier molecular flexibility index (Phi) is 5.92. The summed E-state index contributed by atoms with van der Waals surface area (Å²) in [6, 6.07) is 11.2. The van der Waals surface area contributed by atoms with Gasteiger partial charge in [0.2, 0.25) is 5.91 Å². The van der Waals surface area contributed by atoms with Crippen LogP contribution in [-0.2, 0) is 14.9 Å². The first kappa shape index (κ1) is 19.5. The molecular formula is C21H24ClNO4. The van der Waals surface area contributed by atoms with Crippen molar-refractivity contribution in [1.29, 1.82) is 0 Å². The number of nitrogens with one attached hydrogen (secondary N) is 1. The van der Waals surface area contributed by atoms with Crippen LogP contribution in [-0.4, -0.2) is 33.3 Å². The molecule has 1 N–H and O–H groups in total. The number of amides is 1. The summed E-state index contributed by atoms with van der Waals surface area (Å²) in [5.41, 5.74) is 1.84. The van der Waals surface area contributed by atoms with Gasteiger partial charge in [0.1, 0.15) is 0 Å². The molecule has 0 radical (unpaired) electrons. The largest absolute Gasteiger partial charge is 0.493 e. The maximum Gasteiger partial charge on any atom is 0.235 e. The fourth-order valence-electron chi connectivity index (χ4n) is 3.42. The molecule has 0 aliphatic carbocycles. The number of ether oxygens (including phenoxy) is 3. The van der Waals surface area contributed by atoms with Crippen molar-refractivity contribution in [1.82, 2.24) is 0 Å². The van der Waals surface area contributed by atoms with Crippen molar-refractivity contribution in [2.45, 2.75) is 25.2 Å². The van der Waals surface area contributed by atoms with Gasteiger partial charge in [-0.15, -0.1) is 0 Å². The van der Waals surface area contributed by atoms with E-state index in [1.807, 2.05) is 37.3 Å². The number of anilines is 1. The molecule has 1 aliphatic heterocycles. The number of aryl methyl sites for hydroxylation is 1. The van der Waals surface area contributed by atoms with Gasteiger partial charge in [-0.3, -0.25) is 4.79 Å². The van der Waals surface area contributed by atoms with Gasteiger partial charge in [-0.05, 0) is 55.2 Å². The molecule has 0 bridgehead atoms. The average molecular weight is 390 g/mol. The Morgan fingerprint density at radius 2 is 1.78 bits per heavy atom. The monoisotopic (exact) mass is 389 g/mol. The average Bonchev–Trinajstić information content (AvgIpc) is 2.70. The van der Waals surface area contributed by atoms with Crippen LogP contribution in [0.4, 0.5) is 5.69 Å². The first-order valence-corrected chi connectivity index (χ1v) is 9.26. The van der Waals surface area contributed by atoms with Gasteiger partial charge in [0.25, 0.3) is 0 Å². The lowest BCUT2D eigenvalue weighted by molar-refractivity contribution is -0.125. The lowest BCUT2D eigenvalue weighted by atomic mass is 9.73. The molecular weight excluding hydrogens is 366 g/mol. The van der Waals surface area contributed by atoms with Crippen LogP contribution in [0.1, 0.15) is 24.0 Å². The molecule has 0 atom stereocenters. The summed E-state index contributed by atoms with van der Waals surface area (Å²) < 4.78 is 16.3. The summed E-state index contributed by atoms with van der Waals surface area (Å²) in [6.45, 7) is 2.98. The van der Waals surface area contributed by atoms with E-state index in [9.17, 15) is 4.79 Å². The van der Waals surface area contributed by atoms with E-state index in [1.54, 1.807) is 20.3 Å². The van der Waals surface area contributed by atoms with E-state index in [2.05, 4.69) is 5.32 Å². The Bertz CT molecular complexity index is 831. The number of carbonyl (C=O) groups excluding carboxylic acids is 1. The zero-order valence-electron chi connectivity index (χ0n) is 15.8. The van der Waals surface area contributed by atoms with E-state index in [0.29, 0.717) is 48.3 Å². The third-order valence-corrected chi connectivity index (χ3v) is 5.55. The molecule has 0 unspecified atom stereocenters. The predicted molar refractivity (Wildman–Crippen MR) is 106 cm³/mol. The highest BCUT2D eigenvalue weighted by molar-refractivity contribution is 6.31. The molecule has 0 aromatic heterocycles. The van der Waals surface area contributed by atoms with Gasteiger partial charge < -0.3 is 19.5 Å². The van der Waals surface area contributed by atoms with Crippen LogP contribution in [0, 0.1) is 6.92 Å². The van der Waals surface area contributed by atoms with Gasteiger partial charge in [-0.25, -0.2) is 0 Å². The third kappa shape index (κ3) is 3.89. The molecule has 1 aliphatic rings. The van der Waals surface area contributed by atoms with Gasteiger partial charge >= 0.3 is 0 Å². The van der Waals surface area contributed by atoms with Crippen molar-refractivity contribution < 1.29 is 19.0 Å². The molecule has 5 nitrogen and oxygen atoms in total. The van der Waals surface area contributed by atoms with Crippen molar-refractivity contribution in [3.63, 3.8) is 0 Å². The minimum Gasteiger partial charge on any atom is -0.493 e. The normalized spacial score (nSPS) is 15.9. The van der Waals surface area contributed by atoms with Gasteiger partial charge in [0.15, 0.2) is 11.5 Å². The Balaban J connectivity index is 1.97. The summed E-state index contributed by atoms with van der Waals surface area (Å²) in [4.78, 5) is 13.4. The number of rotatable bonds is 5. The zero-order chi connectivity index (χ0) is 19.4. The van der Waals surface area contributed by atoms with Gasteiger partial charge in [0.05, 0.1) is 19.6 Å². The second-order valence-electron chi connectivity index (χ2n) is 6.68. The number of halogens is 1. The molecule has 3 rings (SSSR count). The summed E-state index contributed by atoms with van der Waals surface area (Å²) in [5.74, 6) is 1.17. The lowest BCUT2D eigenvalue weighted by Gasteiger charge is -2.36. The highest BCUT2D eigenvalue weighted by Gasteiger charge is 2.42. The first-order chi connectivity index (χ1) is 13.0. The van der Waals surface area contributed by atoms with Crippen molar-refractivity contribution in [2.24, 2.45) is 0 Å². The molecule has 1 fully saturated rings. The molecule has 27 heavy (non-hydrogen) atoms. The summed E-state index contributed by atoms with van der Waals surface area (Å²) in [6.07, 6.45) is 1.18. The Morgan fingerprint density at radius 3 is 2.41 bits per heavy atom. The highest BCUT2D eigenvalue weighted by Crippen LogP contribution is 2.40. The quantitative estimate of drug-likeness (QED) is 0.825. The van der Waals surface area contributed by atoms with E-state index in [4.69, 9.17) is 25.8 Å². The molecule has 1 amide bonds. The second-order valence-corrected chi connectivity index (χ2v) is 7.09. The minimum absolute atomic E-state index is 0.0714. The van der Waals surface area contributed by atoms with Crippen molar-refractivity contribution in [2.75, 3.05) is 32.8 Å². The number of carbonyl (C=O) groups is 1. The minimum atomic E-state index is -0.699. The Morgan fingerprint density at radius 1 is 1.07 bits per heavy atom. The van der Waals surface area contributed by atoms with Crippen molar-refractivity contribution in [3.8, 4) is 11.5 Å². The fourth-order valence-corrected chi connectivity index (χ4v) is 3.60. The van der Waals surface area contributed by atoms with Gasteiger partial charge in [-0.2, -0.15) is 0 Å². The number of hydrogen-bond donors (Lipinski definition) is 1. The molecule has 2 aromatic rings. The Hall–Kier alpha value is -2.24. The maximum atomic E-state index is 13.4. The van der Waals surface area contributed by atoms with E-state index < -0.39 is 5.41 Å². The van der Waals surface area contributed by atoms with Crippen LogP contribution in [0.3, 0.4) is 0 Å². The van der Waals surface area contributed by atoms with Crippen LogP contribution < -0.4 is 14.8 Å². The number of methoxy groups -OCH3 is 2. The highest BCUT2D eigenvalue weighted by atomic mass is 35.5. The van der Waals surface area contributed by atoms with Crippen molar-refractivity contribution >= 4 is 23.2 Å². The molecule has 6 heteroatoms. The van der Waals surface area contributed by atoms with Crippen LogP contribution in [0.25, 0.3) is 0 Å². The number of benzene rings is 2. The Labute approximate surface area is 164 Å². The first-order valence-electron chi connectivity index (χ1n) is 8.88. The molecule has 2 aromatic carbocycles. The van der Waals surface area contributed by atoms with Crippen LogP contribution in [0.2, 0.25) is 5.02 Å².